The molecule has 0 radical (unpaired) electrons. The molecule has 1 aromatic heterocycles. The second-order valence-corrected chi connectivity index (χ2v) is 3.47. The predicted molar refractivity (Wildman–Crippen MR) is 60.7 cm³/mol. The summed E-state index contributed by atoms with van der Waals surface area (Å²) in [4.78, 5) is 31.9. The van der Waals surface area contributed by atoms with Crippen LogP contribution in [0.25, 0.3) is 0 Å². The van der Waals surface area contributed by atoms with E-state index >= 15 is 0 Å². The Morgan fingerprint density at radius 3 is 2.79 bits per heavy atom. The van der Waals surface area contributed by atoms with Crippen molar-refractivity contribution in [3.63, 3.8) is 0 Å². The molecule has 0 atom stereocenters. The molecule has 1 aromatic rings. The Labute approximate surface area is 107 Å². The van der Waals surface area contributed by atoms with Crippen LogP contribution in [0.3, 0.4) is 0 Å². The molecule has 0 unspecified atom stereocenters. The van der Waals surface area contributed by atoms with Gasteiger partial charge in [-0.25, -0.2) is 4.79 Å². The van der Waals surface area contributed by atoms with E-state index in [9.17, 15) is 19.7 Å². The first-order chi connectivity index (χ1) is 8.95. The van der Waals surface area contributed by atoms with Crippen molar-refractivity contribution in [1.29, 1.82) is 0 Å². The van der Waals surface area contributed by atoms with Crippen molar-refractivity contribution < 1.29 is 24.4 Å². The number of carbonyl (C=O) groups is 2. The molecule has 0 aliphatic rings. The monoisotopic (exact) mass is 272 g/mol. The molecule has 0 aromatic carbocycles. The second-order valence-electron chi connectivity index (χ2n) is 3.47. The molecule has 0 spiro atoms. The number of carboxylic acid groups (broad SMARTS) is 1. The highest BCUT2D eigenvalue weighted by atomic mass is 16.6. The number of aromatic carboxylic acids is 1. The number of hydrogen-bond acceptors (Lipinski definition) is 6. The summed E-state index contributed by atoms with van der Waals surface area (Å²) in [5.41, 5.74) is -1.35. The van der Waals surface area contributed by atoms with Gasteiger partial charge >= 0.3 is 11.7 Å². The van der Waals surface area contributed by atoms with E-state index in [2.05, 4.69) is 10.4 Å². The molecule has 19 heavy (non-hydrogen) atoms. The minimum Gasteiger partial charge on any atom is -0.476 e. The van der Waals surface area contributed by atoms with Crippen molar-refractivity contribution in [2.24, 2.45) is 0 Å². The van der Waals surface area contributed by atoms with E-state index in [1.54, 1.807) is 0 Å². The number of rotatable bonds is 7. The van der Waals surface area contributed by atoms with Gasteiger partial charge in [0.2, 0.25) is 11.6 Å². The van der Waals surface area contributed by atoms with Crippen LogP contribution >= 0.6 is 0 Å². The van der Waals surface area contributed by atoms with Gasteiger partial charge in [-0.2, -0.15) is 5.10 Å². The highest BCUT2D eigenvalue weighted by molar-refractivity contribution is 5.90. The standard InChI is InChI=1S/C9H12N4O6/c1-19-3-2-10-7(14)5-12-4-6(13(17)18)8(11-12)9(15)16/h4H,2-3,5H2,1H3,(H,10,14)(H,15,16). The van der Waals surface area contributed by atoms with E-state index in [1.807, 2.05) is 0 Å². The van der Waals surface area contributed by atoms with Crippen molar-refractivity contribution in [3.8, 4) is 0 Å². The van der Waals surface area contributed by atoms with Crippen LogP contribution in [-0.2, 0) is 16.1 Å². The maximum absolute atomic E-state index is 11.4. The van der Waals surface area contributed by atoms with Gasteiger partial charge in [-0.3, -0.25) is 19.6 Å². The number of ether oxygens (including phenoxy) is 1. The van der Waals surface area contributed by atoms with Gasteiger partial charge in [-0.05, 0) is 0 Å². The summed E-state index contributed by atoms with van der Waals surface area (Å²) in [5, 5.41) is 25.3. The first-order valence-corrected chi connectivity index (χ1v) is 5.16. The van der Waals surface area contributed by atoms with Crippen LogP contribution in [0.1, 0.15) is 10.5 Å². The van der Waals surface area contributed by atoms with Crippen LogP contribution in [0, 0.1) is 10.1 Å². The third-order valence-corrected chi connectivity index (χ3v) is 2.08. The van der Waals surface area contributed by atoms with Gasteiger partial charge in [-0.1, -0.05) is 0 Å². The molecule has 0 bridgehead atoms. The van der Waals surface area contributed by atoms with Crippen LogP contribution in [0.2, 0.25) is 0 Å². The highest BCUT2D eigenvalue weighted by Crippen LogP contribution is 2.16. The predicted octanol–water partition coefficient (Wildman–Crippen LogP) is -0.748. The van der Waals surface area contributed by atoms with Crippen molar-refractivity contribution >= 4 is 17.6 Å². The summed E-state index contributed by atoms with van der Waals surface area (Å²) < 4.78 is 5.63. The van der Waals surface area contributed by atoms with Gasteiger partial charge in [0.05, 0.1) is 11.5 Å². The normalized spacial score (nSPS) is 10.2. The summed E-state index contributed by atoms with van der Waals surface area (Å²) in [7, 11) is 1.47. The number of carbonyl (C=O) groups excluding carboxylic acids is 1. The molecule has 0 aliphatic heterocycles. The molecule has 1 amide bonds. The number of carboxylic acids is 1. The largest absolute Gasteiger partial charge is 0.476 e. The summed E-state index contributed by atoms with van der Waals surface area (Å²) in [6.45, 7) is 0.299. The van der Waals surface area contributed by atoms with E-state index in [-0.39, 0.29) is 13.1 Å². The molecule has 2 N–H and O–H groups in total. The number of nitrogens with zero attached hydrogens (tertiary/aromatic N) is 3. The molecule has 0 saturated heterocycles. The zero-order valence-electron chi connectivity index (χ0n) is 10.0. The molecule has 1 rings (SSSR count). The van der Waals surface area contributed by atoms with Crippen molar-refractivity contribution in [2.75, 3.05) is 20.3 Å². The van der Waals surface area contributed by atoms with E-state index in [0.717, 1.165) is 10.9 Å². The van der Waals surface area contributed by atoms with Crippen molar-refractivity contribution in [3.05, 3.63) is 22.0 Å². The highest BCUT2D eigenvalue weighted by Gasteiger charge is 2.25. The Hall–Kier alpha value is -2.49. The Bertz CT molecular complexity index is 465. The number of methoxy groups -OCH3 is 1. The fourth-order valence-electron chi connectivity index (χ4n) is 1.27. The average molecular weight is 272 g/mol. The van der Waals surface area contributed by atoms with E-state index in [0.29, 0.717) is 6.61 Å². The topological polar surface area (TPSA) is 137 Å². The first-order valence-electron chi connectivity index (χ1n) is 5.16. The molecule has 10 nitrogen and oxygen atoms in total. The second kappa shape index (κ2) is 6.44. The van der Waals surface area contributed by atoms with Crippen LogP contribution in [0.5, 0.6) is 0 Å². The molecule has 0 aliphatic carbocycles. The van der Waals surface area contributed by atoms with Crippen molar-refractivity contribution in [2.45, 2.75) is 6.54 Å². The molecule has 0 saturated carbocycles. The molecular weight excluding hydrogens is 260 g/mol. The Morgan fingerprint density at radius 2 is 2.32 bits per heavy atom. The Morgan fingerprint density at radius 1 is 1.63 bits per heavy atom. The van der Waals surface area contributed by atoms with Gasteiger partial charge in [0.15, 0.2) is 0 Å². The summed E-state index contributed by atoms with van der Waals surface area (Å²) in [5.74, 6) is -1.98. The SMILES string of the molecule is COCCNC(=O)Cn1cc([N+](=O)[O-])c(C(=O)O)n1. The number of amides is 1. The molecule has 104 valence electrons. The van der Waals surface area contributed by atoms with E-state index in [4.69, 9.17) is 9.84 Å². The summed E-state index contributed by atoms with van der Waals surface area (Å²) in [6.07, 6.45) is 0.902. The Kier molecular flexibility index (Phi) is 4.94. The van der Waals surface area contributed by atoms with Crippen LogP contribution in [0.15, 0.2) is 6.20 Å². The molecule has 0 fully saturated rings. The lowest BCUT2D eigenvalue weighted by Gasteiger charge is -2.03. The lowest BCUT2D eigenvalue weighted by atomic mass is 10.4. The summed E-state index contributed by atoms with van der Waals surface area (Å²) >= 11 is 0. The van der Waals surface area contributed by atoms with Crippen LogP contribution < -0.4 is 5.32 Å². The van der Waals surface area contributed by atoms with E-state index < -0.39 is 28.2 Å². The lowest BCUT2D eigenvalue weighted by Crippen LogP contribution is -2.30. The van der Waals surface area contributed by atoms with Gasteiger partial charge in [0.25, 0.3) is 0 Å². The summed E-state index contributed by atoms with van der Waals surface area (Å²) in [6, 6.07) is 0. The maximum atomic E-state index is 11.4. The van der Waals surface area contributed by atoms with Gasteiger partial charge in [-0.15, -0.1) is 0 Å². The third kappa shape index (κ3) is 4.03. The number of hydrogen-bond donors (Lipinski definition) is 2. The smallest absolute Gasteiger partial charge is 0.363 e. The zero-order valence-corrected chi connectivity index (χ0v) is 10.0. The molecular formula is C9H12N4O6. The number of nitrogens with one attached hydrogen (secondary N) is 1. The quantitative estimate of drug-likeness (QED) is 0.378. The fraction of sp³-hybridized carbons (Fsp3) is 0.444. The molecule has 1 heterocycles. The van der Waals surface area contributed by atoms with Crippen LogP contribution in [-0.4, -0.2) is 51.9 Å². The Balaban J connectivity index is 2.74. The number of nitro groups is 1. The maximum Gasteiger partial charge on any atom is 0.363 e. The van der Waals surface area contributed by atoms with Crippen molar-refractivity contribution in [1.82, 2.24) is 15.1 Å². The van der Waals surface area contributed by atoms with Crippen LogP contribution in [0.4, 0.5) is 5.69 Å². The van der Waals surface area contributed by atoms with Gasteiger partial charge in [0, 0.05) is 13.7 Å². The molecule has 10 heteroatoms. The zero-order chi connectivity index (χ0) is 14.4. The minimum absolute atomic E-state index is 0.282. The third-order valence-electron chi connectivity index (χ3n) is 2.08. The minimum atomic E-state index is -1.52. The lowest BCUT2D eigenvalue weighted by molar-refractivity contribution is -0.385. The number of aromatic nitrogens is 2. The first kappa shape index (κ1) is 14.6. The van der Waals surface area contributed by atoms with E-state index in [1.165, 1.54) is 7.11 Å². The van der Waals surface area contributed by atoms with Gasteiger partial charge < -0.3 is 15.2 Å². The average Bonchev–Trinajstić information content (AvgIpc) is 2.73. The van der Waals surface area contributed by atoms with Gasteiger partial charge in [0.1, 0.15) is 12.7 Å². The fourth-order valence-corrected chi connectivity index (χ4v) is 1.27.